The molecule has 40 heavy (non-hydrogen) atoms. The first-order valence-electron chi connectivity index (χ1n) is 11.7. The highest BCUT2D eigenvalue weighted by Gasteiger charge is 2.32. The molecule has 0 bridgehead atoms. The summed E-state index contributed by atoms with van der Waals surface area (Å²) in [6, 6.07) is 16.0. The number of aromatic nitrogens is 4. The van der Waals surface area contributed by atoms with Gasteiger partial charge in [-0.15, -0.1) is 0 Å². The molecule has 0 unspecified atom stereocenters. The summed E-state index contributed by atoms with van der Waals surface area (Å²) in [6.45, 7) is 1.78. The van der Waals surface area contributed by atoms with Gasteiger partial charge in [0.25, 0.3) is 0 Å². The van der Waals surface area contributed by atoms with Gasteiger partial charge in [-0.2, -0.15) is 13.2 Å². The first-order valence-corrected chi connectivity index (χ1v) is 13.7. The molecule has 4 aromatic heterocycles. The number of fused-ring (bicyclic) bond motifs is 1. The fraction of sp³-hybridized carbons (Fsp3) is 0.111. The normalized spacial score (nSPS) is 12.0. The minimum atomic E-state index is -4.65. The van der Waals surface area contributed by atoms with Crippen LogP contribution in [0.4, 0.5) is 18.9 Å². The fourth-order valence-electron chi connectivity index (χ4n) is 4.14. The van der Waals surface area contributed by atoms with E-state index in [9.17, 15) is 26.4 Å². The number of nitrogens with one attached hydrogen (secondary N) is 2. The number of rotatable bonds is 6. The highest BCUT2D eigenvalue weighted by molar-refractivity contribution is 7.91. The third-order valence-electron chi connectivity index (χ3n) is 5.88. The third kappa shape index (κ3) is 5.82. The second kappa shape index (κ2) is 10.4. The van der Waals surface area contributed by atoms with Crippen LogP contribution in [0.1, 0.15) is 17.0 Å². The molecule has 5 rings (SSSR count). The van der Waals surface area contributed by atoms with Crippen molar-refractivity contribution in [1.29, 1.82) is 0 Å². The SMILES string of the molecule is Cc1cc(-c2cc3c(=O)c(NS(=O)(=O)Cc4ccc(C(F)(F)F)nc4)c[nH]c3nc2-c2ccccc2)cc(Cl)n1. The van der Waals surface area contributed by atoms with Crippen molar-refractivity contribution < 1.29 is 21.6 Å². The topological polar surface area (TPSA) is 118 Å². The summed E-state index contributed by atoms with van der Waals surface area (Å²) in [5.74, 6) is -0.694. The number of sulfonamides is 1. The molecule has 5 aromatic rings. The number of aromatic amines is 1. The lowest BCUT2D eigenvalue weighted by Crippen LogP contribution is -2.21. The van der Waals surface area contributed by atoms with Gasteiger partial charge in [0.05, 0.1) is 16.8 Å². The van der Waals surface area contributed by atoms with Gasteiger partial charge in [-0.1, -0.05) is 48.0 Å². The Labute approximate surface area is 231 Å². The van der Waals surface area contributed by atoms with Crippen LogP contribution in [-0.2, 0) is 22.0 Å². The predicted octanol–water partition coefficient (Wildman–Crippen LogP) is 5.97. The molecule has 204 valence electrons. The largest absolute Gasteiger partial charge is 0.433 e. The molecule has 0 fully saturated rings. The molecule has 2 N–H and O–H groups in total. The monoisotopic (exact) mass is 585 g/mol. The molecule has 0 aliphatic rings. The molecule has 4 heterocycles. The second-order valence-corrected chi connectivity index (χ2v) is 11.0. The first-order chi connectivity index (χ1) is 18.9. The fourth-order valence-corrected chi connectivity index (χ4v) is 5.56. The molecular weight excluding hydrogens is 567 g/mol. The van der Waals surface area contributed by atoms with Gasteiger partial charge in [-0.25, -0.2) is 18.4 Å². The Morgan fingerprint density at radius 1 is 1.00 bits per heavy atom. The number of hydrogen-bond donors (Lipinski definition) is 2. The van der Waals surface area contributed by atoms with E-state index >= 15 is 0 Å². The number of alkyl halides is 3. The van der Waals surface area contributed by atoms with Crippen molar-refractivity contribution in [3.8, 4) is 22.4 Å². The number of anilines is 1. The van der Waals surface area contributed by atoms with Crippen molar-refractivity contribution in [2.75, 3.05) is 4.72 Å². The molecule has 0 radical (unpaired) electrons. The van der Waals surface area contributed by atoms with Gasteiger partial charge in [-0.05, 0) is 42.3 Å². The quantitative estimate of drug-likeness (QED) is 0.237. The predicted molar refractivity (Wildman–Crippen MR) is 146 cm³/mol. The maximum atomic E-state index is 13.4. The zero-order valence-electron chi connectivity index (χ0n) is 20.6. The van der Waals surface area contributed by atoms with Crippen molar-refractivity contribution in [3.05, 3.63) is 105 Å². The van der Waals surface area contributed by atoms with Crippen LogP contribution >= 0.6 is 11.6 Å². The van der Waals surface area contributed by atoms with E-state index in [1.54, 1.807) is 25.1 Å². The van der Waals surface area contributed by atoms with E-state index in [4.69, 9.17) is 11.6 Å². The summed E-state index contributed by atoms with van der Waals surface area (Å²) in [6.07, 6.45) is -2.64. The standard InChI is InChI=1S/C27H19ClF3N5O3S/c1-15-9-18(10-23(28)34-15)19-11-20-25(37)21(13-33-26(20)35-24(19)17-5-3-2-4-6-17)36-40(38,39)14-16-7-8-22(32-12-16)27(29,30)31/h2-13,36H,14H2,1H3,(H,33,35,37). The van der Waals surface area contributed by atoms with E-state index < -0.39 is 33.1 Å². The van der Waals surface area contributed by atoms with E-state index in [2.05, 4.69) is 24.7 Å². The molecule has 8 nitrogen and oxygen atoms in total. The molecule has 0 amide bonds. The summed E-state index contributed by atoms with van der Waals surface area (Å²) >= 11 is 6.21. The van der Waals surface area contributed by atoms with E-state index in [-0.39, 0.29) is 27.4 Å². The van der Waals surface area contributed by atoms with Gasteiger partial charge in [0, 0.05) is 29.2 Å². The zero-order valence-corrected chi connectivity index (χ0v) is 22.2. The molecule has 0 spiro atoms. The summed E-state index contributed by atoms with van der Waals surface area (Å²) in [4.78, 5) is 28.4. The Balaban J connectivity index is 1.56. The Kier molecular flexibility index (Phi) is 7.06. The molecule has 13 heteroatoms. The molecule has 0 atom stereocenters. The average molecular weight is 586 g/mol. The van der Waals surface area contributed by atoms with Gasteiger partial charge >= 0.3 is 6.18 Å². The first kappa shape index (κ1) is 27.3. The molecule has 0 aliphatic carbocycles. The molecule has 0 aliphatic heterocycles. The number of halogens is 4. The van der Waals surface area contributed by atoms with Crippen LogP contribution in [0.3, 0.4) is 0 Å². The lowest BCUT2D eigenvalue weighted by molar-refractivity contribution is -0.141. The van der Waals surface area contributed by atoms with Crippen LogP contribution in [0.25, 0.3) is 33.4 Å². The smallest absolute Gasteiger partial charge is 0.344 e. The van der Waals surface area contributed by atoms with Gasteiger partial charge < -0.3 is 4.98 Å². The maximum Gasteiger partial charge on any atom is 0.433 e. The van der Waals surface area contributed by atoms with Gasteiger partial charge in [0.15, 0.2) is 0 Å². The van der Waals surface area contributed by atoms with Crippen LogP contribution in [0.5, 0.6) is 0 Å². The summed E-state index contributed by atoms with van der Waals surface area (Å²) in [5.41, 5.74) is 1.39. The van der Waals surface area contributed by atoms with E-state index in [0.717, 1.165) is 17.8 Å². The Bertz CT molecular complexity index is 1880. The lowest BCUT2D eigenvalue weighted by Gasteiger charge is -2.13. The Morgan fingerprint density at radius 2 is 1.75 bits per heavy atom. The number of pyridine rings is 4. The van der Waals surface area contributed by atoms with Crippen LogP contribution in [0, 0.1) is 6.92 Å². The van der Waals surface area contributed by atoms with Crippen LogP contribution in [0.2, 0.25) is 5.15 Å². The highest BCUT2D eigenvalue weighted by atomic mass is 35.5. The van der Waals surface area contributed by atoms with E-state index in [1.807, 2.05) is 30.3 Å². The van der Waals surface area contributed by atoms with Crippen molar-refractivity contribution >= 4 is 38.3 Å². The minimum Gasteiger partial charge on any atom is -0.344 e. The van der Waals surface area contributed by atoms with Crippen molar-refractivity contribution in [2.45, 2.75) is 18.9 Å². The minimum absolute atomic E-state index is 0.0131. The molecular formula is C27H19ClF3N5O3S. The second-order valence-electron chi connectivity index (χ2n) is 8.91. The number of H-pyrrole nitrogens is 1. The van der Waals surface area contributed by atoms with Crippen molar-refractivity contribution in [2.24, 2.45) is 0 Å². The van der Waals surface area contributed by atoms with Crippen molar-refractivity contribution in [3.63, 3.8) is 0 Å². The lowest BCUT2D eigenvalue weighted by atomic mass is 9.98. The third-order valence-corrected chi connectivity index (χ3v) is 7.32. The number of aryl methyl sites for hydroxylation is 1. The maximum absolute atomic E-state index is 13.4. The van der Waals surface area contributed by atoms with E-state index in [0.29, 0.717) is 28.6 Å². The Morgan fingerprint density at radius 3 is 2.40 bits per heavy atom. The average Bonchev–Trinajstić information content (AvgIpc) is 2.89. The summed E-state index contributed by atoms with van der Waals surface area (Å²) < 4.78 is 66.1. The van der Waals surface area contributed by atoms with Gasteiger partial charge in [0.2, 0.25) is 15.5 Å². The van der Waals surface area contributed by atoms with Gasteiger partial charge in [-0.3, -0.25) is 14.5 Å². The number of nitrogens with zero attached hydrogens (tertiary/aromatic N) is 3. The number of hydrogen-bond acceptors (Lipinski definition) is 6. The van der Waals surface area contributed by atoms with Crippen LogP contribution in [-0.4, -0.2) is 28.4 Å². The van der Waals surface area contributed by atoms with Gasteiger partial charge in [0.1, 0.15) is 22.2 Å². The Hall–Kier alpha value is -4.29. The van der Waals surface area contributed by atoms with Crippen LogP contribution in [0.15, 0.2) is 77.9 Å². The summed E-state index contributed by atoms with van der Waals surface area (Å²) in [5, 5.41) is 0.360. The van der Waals surface area contributed by atoms with E-state index in [1.165, 1.54) is 6.20 Å². The highest BCUT2D eigenvalue weighted by Crippen LogP contribution is 2.34. The van der Waals surface area contributed by atoms with Crippen molar-refractivity contribution in [1.82, 2.24) is 19.9 Å². The molecule has 0 saturated heterocycles. The number of benzene rings is 1. The van der Waals surface area contributed by atoms with Crippen LogP contribution < -0.4 is 10.2 Å². The molecule has 1 aromatic carbocycles. The molecule has 0 saturated carbocycles. The summed E-state index contributed by atoms with van der Waals surface area (Å²) in [7, 11) is -4.19. The zero-order chi connectivity index (χ0) is 28.7.